The number of ether oxygens (including phenoxy) is 3. The van der Waals surface area contributed by atoms with Gasteiger partial charge in [0.1, 0.15) is 5.60 Å². The van der Waals surface area contributed by atoms with Crippen LogP contribution in [-0.2, 0) is 18.6 Å². The van der Waals surface area contributed by atoms with Crippen molar-refractivity contribution < 1.29 is 23.4 Å². The van der Waals surface area contributed by atoms with Gasteiger partial charge >= 0.3 is 6.16 Å². The molecule has 4 aliphatic rings. The molecule has 4 saturated carbocycles. The van der Waals surface area contributed by atoms with E-state index in [1.165, 1.54) is 18.3 Å². The van der Waals surface area contributed by atoms with Crippen LogP contribution in [0.25, 0.3) is 0 Å². The summed E-state index contributed by atoms with van der Waals surface area (Å²) in [4.78, 5) is 12.5. The van der Waals surface area contributed by atoms with Gasteiger partial charge in [-0.3, -0.25) is 0 Å². The molecule has 0 aliphatic heterocycles. The lowest BCUT2D eigenvalue weighted by Crippen LogP contribution is -2.47. The smallest absolute Gasteiger partial charge is 0.438 e. The van der Waals surface area contributed by atoms with Crippen molar-refractivity contribution in [2.45, 2.75) is 136 Å². The van der Waals surface area contributed by atoms with Gasteiger partial charge in [-0.1, -0.05) is 72.8 Å². The summed E-state index contributed by atoms with van der Waals surface area (Å²) in [5.74, 6) is 2.16. The first kappa shape index (κ1) is 34.5. The second-order valence-corrected chi connectivity index (χ2v) is 21.5. The molecule has 4 aliphatic carbocycles. The van der Waals surface area contributed by atoms with E-state index in [4.69, 9.17) is 18.6 Å². The molecule has 0 aromatic heterocycles. The second kappa shape index (κ2) is 12.1. The molecule has 244 valence electrons. The number of fused-ring (bicyclic) bond motifs is 2. The Kier molecular flexibility index (Phi) is 9.70. The number of allylic oxidation sites excluding steroid dienone is 2. The Morgan fingerprint density at radius 3 is 2.37 bits per heavy atom. The molecule has 4 rings (SSSR count). The highest BCUT2D eigenvalue weighted by molar-refractivity contribution is 6.74. The molecule has 0 heterocycles. The van der Waals surface area contributed by atoms with Crippen molar-refractivity contribution in [2.24, 2.45) is 40.4 Å². The highest BCUT2D eigenvalue weighted by atomic mass is 28.4. The van der Waals surface area contributed by atoms with Crippen molar-refractivity contribution in [3.8, 4) is 0 Å². The highest BCUT2D eigenvalue weighted by Crippen LogP contribution is 2.70. The lowest BCUT2D eigenvalue weighted by Gasteiger charge is -2.47. The summed E-state index contributed by atoms with van der Waals surface area (Å²) in [6.45, 7) is 27.6. The van der Waals surface area contributed by atoms with Crippen LogP contribution in [0.5, 0.6) is 0 Å². The van der Waals surface area contributed by atoms with E-state index >= 15 is 0 Å². The van der Waals surface area contributed by atoms with Crippen LogP contribution in [0.3, 0.4) is 0 Å². The normalized spacial score (nSPS) is 36.4. The Bertz CT molecular complexity index is 1120. The van der Waals surface area contributed by atoms with Gasteiger partial charge in [0.2, 0.25) is 0 Å². The van der Waals surface area contributed by atoms with E-state index in [1.807, 2.05) is 7.11 Å². The van der Waals surface area contributed by atoms with Crippen LogP contribution in [0.2, 0.25) is 18.1 Å². The van der Waals surface area contributed by atoms with Crippen LogP contribution in [0.15, 0.2) is 36.0 Å². The summed E-state index contributed by atoms with van der Waals surface area (Å²) in [5.41, 5.74) is 2.09. The maximum absolute atomic E-state index is 12.5. The van der Waals surface area contributed by atoms with Crippen molar-refractivity contribution in [3.63, 3.8) is 0 Å². The third-order valence-corrected chi connectivity index (χ3v) is 17.4. The average Bonchev–Trinajstić information content (AvgIpc) is 3.41. The van der Waals surface area contributed by atoms with E-state index in [-0.39, 0.29) is 34.0 Å². The molecular formula is C37H62O5Si. The molecule has 0 spiro atoms. The summed E-state index contributed by atoms with van der Waals surface area (Å²) in [6.07, 6.45) is 14.2. The quantitative estimate of drug-likeness (QED) is 0.139. The first-order valence-corrected chi connectivity index (χ1v) is 19.8. The van der Waals surface area contributed by atoms with E-state index in [0.29, 0.717) is 23.7 Å². The summed E-state index contributed by atoms with van der Waals surface area (Å²) < 4.78 is 24.4. The van der Waals surface area contributed by atoms with Gasteiger partial charge in [-0.2, -0.15) is 0 Å². The first-order valence-electron chi connectivity index (χ1n) is 16.9. The molecule has 4 fully saturated rings. The molecule has 0 bridgehead atoms. The number of carbonyl (C=O) groups is 1. The maximum Gasteiger partial charge on any atom is 0.508 e. The molecule has 0 amide bonds. The predicted molar refractivity (Wildman–Crippen MR) is 178 cm³/mol. The number of rotatable bonds is 10. The molecule has 0 saturated heterocycles. The summed E-state index contributed by atoms with van der Waals surface area (Å²) >= 11 is 0. The number of hydrogen-bond donors (Lipinski definition) is 0. The standard InChI is InChI=1S/C37H62O5Si/c1-24(2)25(3)18-20-36(9,41-33(38)40-11)31-17-16-29-27(15-14-19-35(29,31)8)21-32(39-10)37-23-28(37)22-30(26(37)4)42-43(12,13)34(5,6)7/h18,20-21,24-25,28-32H,4,14-17,19,22-23H2,1-3,5-13H3/b20-18+,27-21+/t25?,28?,29?,30?,31?,32?,35?,36-,37?/m0/s1. The fourth-order valence-corrected chi connectivity index (χ4v) is 10.0. The molecule has 0 aromatic rings. The fraction of sp³-hybridized carbons (Fsp3) is 0.811. The first-order chi connectivity index (χ1) is 19.9. The van der Waals surface area contributed by atoms with E-state index in [1.54, 1.807) is 0 Å². The molecular weight excluding hydrogens is 552 g/mol. The Balaban J connectivity index is 1.60. The zero-order valence-corrected chi connectivity index (χ0v) is 30.5. The van der Waals surface area contributed by atoms with Crippen LogP contribution in [0.4, 0.5) is 4.79 Å². The van der Waals surface area contributed by atoms with Crippen LogP contribution in [0, 0.1) is 40.4 Å². The fourth-order valence-electron chi connectivity index (χ4n) is 8.73. The molecule has 8 unspecified atom stereocenters. The Hall–Kier alpha value is -1.37. The minimum absolute atomic E-state index is 0.00112. The largest absolute Gasteiger partial charge is 0.508 e. The van der Waals surface area contributed by atoms with E-state index < -0.39 is 20.1 Å². The molecule has 5 nitrogen and oxygen atoms in total. The predicted octanol–water partition coefficient (Wildman–Crippen LogP) is 9.89. The minimum Gasteiger partial charge on any atom is -0.438 e. The number of carbonyl (C=O) groups excluding carboxylic acids is 1. The van der Waals surface area contributed by atoms with Crippen LogP contribution in [0.1, 0.15) is 100 Å². The zero-order valence-electron chi connectivity index (χ0n) is 29.5. The number of methoxy groups -OCH3 is 2. The van der Waals surface area contributed by atoms with Gasteiger partial charge in [0, 0.05) is 18.4 Å². The van der Waals surface area contributed by atoms with Gasteiger partial charge in [0.15, 0.2) is 8.32 Å². The minimum atomic E-state index is -1.90. The third-order valence-electron chi connectivity index (χ3n) is 12.9. The van der Waals surface area contributed by atoms with Gasteiger partial charge in [-0.15, -0.1) is 0 Å². The van der Waals surface area contributed by atoms with Gasteiger partial charge in [-0.05, 0) is 111 Å². The van der Waals surface area contributed by atoms with Gasteiger partial charge in [0.25, 0.3) is 0 Å². The molecule has 0 N–H and O–H groups in total. The topological polar surface area (TPSA) is 54.0 Å². The van der Waals surface area contributed by atoms with E-state index in [9.17, 15) is 4.79 Å². The van der Waals surface area contributed by atoms with Crippen LogP contribution < -0.4 is 0 Å². The Morgan fingerprint density at radius 2 is 1.79 bits per heavy atom. The Labute approximate surface area is 264 Å². The zero-order chi connectivity index (χ0) is 32.2. The highest BCUT2D eigenvalue weighted by Gasteiger charge is 2.67. The van der Waals surface area contributed by atoms with Crippen molar-refractivity contribution in [1.29, 1.82) is 0 Å². The lowest BCUT2D eigenvalue weighted by atomic mass is 9.59. The van der Waals surface area contributed by atoms with E-state index in [2.05, 4.69) is 93.3 Å². The molecule has 43 heavy (non-hydrogen) atoms. The van der Waals surface area contributed by atoms with Crippen molar-refractivity contribution in [2.75, 3.05) is 14.2 Å². The summed E-state index contributed by atoms with van der Waals surface area (Å²) in [6, 6.07) is 0. The maximum atomic E-state index is 12.5. The van der Waals surface area contributed by atoms with Gasteiger partial charge < -0.3 is 18.6 Å². The second-order valence-electron chi connectivity index (χ2n) is 16.7. The lowest BCUT2D eigenvalue weighted by molar-refractivity contribution is -0.0595. The summed E-state index contributed by atoms with van der Waals surface area (Å²) in [7, 11) is 1.38. The summed E-state index contributed by atoms with van der Waals surface area (Å²) in [5, 5.41) is 0.176. The molecule has 9 atom stereocenters. The van der Waals surface area contributed by atoms with Crippen molar-refractivity contribution in [3.05, 3.63) is 36.0 Å². The van der Waals surface area contributed by atoms with Crippen molar-refractivity contribution >= 4 is 14.5 Å². The van der Waals surface area contributed by atoms with Crippen LogP contribution in [-0.4, -0.2) is 46.5 Å². The van der Waals surface area contributed by atoms with Gasteiger partial charge in [0.05, 0.1) is 19.3 Å². The monoisotopic (exact) mass is 614 g/mol. The van der Waals surface area contributed by atoms with Crippen LogP contribution >= 0.6 is 0 Å². The van der Waals surface area contributed by atoms with Crippen molar-refractivity contribution in [1.82, 2.24) is 0 Å². The SMILES string of the molecule is C=C1C(O[Si](C)(C)C(C)(C)C)CC2CC12C(/C=C1\CCCC2(C)C1CCC2[C@](C)(/C=C/C(C)C(C)C)OC(=O)OC)OC. The molecule has 0 aromatic carbocycles. The van der Waals surface area contributed by atoms with Gasteiger partial charge in [-0.25, -0.2) is 4.79 Å². The number of hydrogen-bond acceptors (Lipinski definition) is 5. The molecule has 0 radical (unpaired) electrons. The Morgan fingerprint density at radius 1 is 1.12 bits per heavy atom. The molecule has 6 heteroatoms. The average molecular weight is 615 g/mol. The third kappa shape index (κ3) is 6.23. The van der Waals surface area contributed by atoms with E-state index in [0.717, 1.165) is 44.9 Å².